The fraction of sp³-hybridized carbons (Fsp3) is 0. The number of halogens is 2. The van der Waals surface area contributed by atoms with E-state index in [2.05, 4.69) is 37.2 Å². The highest BCUT2D eigenvalue weighted by Crippen LogP contribution is 2.44. The van der Waals surface area contributed by atoms with Crippen LogP contribution in [-0.4, -0.2) is 16.7 Å². The minimum absolute atomic E-state index is 0.00286. The number of carbonyl (C=O) groups excluding carboxylic acids is 2. The summed E-state index contributed by atoms with van der Waals surface area (Å²) in [5.74, 6) is -1.07. The van der Waals surface area contributed by atoms with Crippen LogP contribution in [0.1, 0.15) is 15.9 Å². The number of anilines is 1. The van der Waals surface area contributed by atoms with Crippen LogP contribution in [0.2, 0.25) is 0 Å². The number of ketones is 2. The molecular weight excluding hydrogens is 638 g/mol. The third kappa shape index (κ3) is 4.82. The van der Waals surface area contributed by atoms with Crippen LogP contribution in [0.3, 0.4) is 0 Å². The number of carbonyl (C=O) groups is 2. The second-order valence-corrected chi connectivity index (χ2v) is 11.8. The molecule has 0 radical (unpaired) electrons. The van der Waals surface area contributed by atoms with Gasteiger partial charge in [-0.25, -0.2) is 0 Å². The average molecular weight is 657 g/mol. The Morgan fingerprint density at radius 1 is 0.744 bits per heavy atom. The van der Waals surface area contributed by atoms with Crippen molar-refractivity contribution in [3.05, 3.63) is 139 Å². The van der Waals surface area contributed by atoms with E-state index in [0.29, 0.717) is 21.8 Å². The number of aliphatic hydroxyl groups excluding tert-OH is 1. The monoisotopic (exact) mass is 655 g/mol. The van der Waals surface area contributed by atoms with Crippen molar-refractivity contribution >= 4 is 88.2 Å². The van der Waals surface area contributed by atoms with Gasteiger partial charge in [-0.2, -0.15) is 0 Å². The Bertz CT molecular complexity index is 1810. The minimum atomic E-state index is -0.512. The van der Waals surface area contributed by atoms with E-state index >= 15 is 0 Å². The molecule has 1 aliphatic rings. The SMILES string of the molecule is O=C1C(C(=O)c2c3ccccc3cc3ccccc23)=C(Nc2ccc(Br)cc2)S/C1=C(/O)c1ccc(Br)cc1. The molecule has 39 heavy (non-hydrogen) atoms. The first kappa shape index (κ1) is 25.6. The zero-order chi connectivity index (χ0) is 27.1. The van der Waals surface area contributed by atoms with Crippen LogP contribution in [0.5, 0.6) is 0 Å². The first-order chi connectivity index (χ1) is 18.9. The smallest absolute Gasteiger partial charge is 0.210 e. The first-order valence-corrected chi connectivity index (χ1v) is 14.4. The Labute approximate surface area is 245 Å². The van der Waals surface area contributed by atoms with Gasteiger partial charge in [0.05, 0.1) is 5.03 Å². The molecule has 5 aromatic carbocycles. The van der Waals surface area contributed by atoms with E-state index in [4.69, 9.17) is 0 Å². The predicted octanol–water partition coefficient (Wildman–Crippen LogP) is 9.27. The van der Waals surface area contributed by atoms with Crippen LogP contribution in [0.25, 0.3) is 27.3 Å². The Kier molecular flexibility index (Phi) is 6.89. The van der Waals surface area contributed by atoms with E-state index in [1.807, 2.05) is 78.9 Å². The van der Waals surface area contributed by atoms with Gasteiger partial charge in [0.2, 0.25) is 11.6 Å². The number of benzene rings is 5. The molecule has 0 bridgehead atoms. The number of hydrogen-bond donors (Lipinski definition) is 2. The molecule has 0 aliphatic carbocycles. The highest BCUT2D eigenvalue weighted by atomic mass is 79.9. The fourth-order valence-corrected chi connectivity index (χ4v) is 6.25. The summed E-state index contributed by atoms with van der Waals surface area (Å²) >= 11 is 7.91. The van der Waals surface area contributed by atoms with Crippen molar-refractivity contribution in [2.24, 2.45) is 0 Å². The van der Waals surface area contributed by atoms with Crippen molar-refractivity contribution in [1.29, 1.82) is 0 Å². The van der Waals surface area contributed by atoms with Crippen molar-refractivity contribution in [3.63, 3.8) is 0 Å². The van der Waals surface area contributed by atoms with Crippen LogP contribution in [-0.2, 0) is 4.79 Å². The zero-order valence-corrected chi connectivity index (χ0v) is 24.2. The Morgan fingerprint density at radius 3 is 1.87 bits per heavy atom. The molecule has 0 fully saturated rings. The summed E-state index contributed by atoms with van der Waals surface area (Å²) in [6.07, 6.45) is 0. The zero-order valence-electron chi connectivity index (χ0n) is 20.2. The quantitative estimate of drug-likeness (QED) is 0.0649. The Hall–Kier alpha value is -3.65. The third-order valence-corrected chi connectivity index (χ3v) is 8.68. The van der Waals surface area contributed by atoms with E-state index in [1.165, 1.54) is 0 Å². The van der Waals surface area contributed by atoms with E-state index in [1.54, 1.807) is 24.3 Å². The van der Waals surface area contributed by atoms with E-state index in [-0.39, 0.29) is 16.2 Å². The summed E-state index contributed by atoms with van der Waals surface area (Å²) in [4.78, 5) is 28.5. The molecule has 190 valence electrons. The van der Waals surface area contributed by atoms with Gasteiger partial charge in [0.15, 0.2) is 0 Å². The minimum Gasteiger partial charge on any atom is -0.506 e. The molecule has 0 saturated heterocycles. The molecule has 6 rings (SSSR count). The summed E-state index contributed by atoms with van der Waals surface area (Å²) < 4.78 is 1.76. The van der Waals surface area contributed by atoms with E-state index in [9.17, 15) is 14.7 Å². The molecule has 0 amide bonds. The van der Waals surface area contributed by atoms with Gasteiger partial charge in [0, 0.05) is 25.8 Å². The number of Topliss-reactive ketones (excluding diaryl/α,β-unsaturated/α-hetero) is 2. The summed E-state index contributed by atoms with van der Waals surface area (Å²) in [6.45, 7) is 0. The van der Waals surface area contributed by atoms with Crippen LogP contribution >= 0.6 is 43.6 Å². The van der Waals surface area contributed by atoms with Gasteiger partial charge >= 0.3 is 0 Å². The lowest BCUT2D eigenvalue weighted by atomic mass is 9.90. The molecule has 5 aromatic rings. The van der Waals surface area contributed by atoms with Gasteiger partial charge in [0.1, 0.15) is 16.2 Å². The molecular formula is C32H19Br2NO3S. The third-order valence-electron chi connectivity index (χ3n) is 6.52. The topological polar surface area (TPSA) is 66.4 Å². The van der Waals surface area contributed by atoms with Crippen molar-refractivity contribution in [3.8, 4) is 0 Å². The van der Waals surface area contributed by atoms with E-state index in [0.717, 1.165) is 42.3 Å². The standard InChI is InChI=1S/C32H19Br2NO3S/c33-21-11-9-18(10-12-21)28(36)31-30(38)27(32(39-31)35-23-15-13-22(34)14-16-23)29(37)26-24-7-3-1-5-19(24)17-20-6-2-4-8-25(20)26/h1-17,35-36H/b31-28+. The van der Waals surface area contributed by atoms with Crippen molar-refractivity contribution in [2.75, 3.05) is 5.32 Å². The summed E-state index contributed by atoms with van der Waals surface area (Å²) in [6, 6.07) is 31.9. The molecule has 0 aromatic heterocycles. The number of rotatable bonds is 5. The lowest BCUT2D eigenvalue weighted by molar-refractivity contribution is -0.111. The molecule has 0 atom stereocenters. The van der Waals surface area contributed by atoms with Gasteiger partial charge in [-0.1, -0.05) is 104 Å². The number of nitrogens with one attached hydrogen (secondary N) is 1. The highest BCUT2D eigenvalue weighted by molar-refractivity contribution is 9.10. The molecule has 0 saturated carbocycles. The largest absolute Gasteiger partial charge is 0.506 e. The maximum absolute atomic E-state index is 14.4. The van der Waals surface area contributed by atoms with Gasteiger partial charge in [-0.15, -0.1) is 0 Å². The second-order valence-electron chi connectivity index (χ2n) is 8.97. The fourth-order valence-electron chi connectivity index (χ4n) is 4.65. The average Bonchev–Trinajstić information content (AvgIpc) is 3.27. The summed E-state index contributed by atoms with van der Waals surface area (Å²) in [5.41, 5.74) is 1.67. The van der Waals surface area contributed by atoms with Gasteiger partial charge < -0.3 is 10.4 Å². The van der Waals surface area contributed by atoms with Crippen molar-refractivity contribution < 1.29 is 14.7 Å². The molecule has 0 unspecified atom stereocenters. The van der Waals surface area contributed by atoms with Gasteiger partial charge in [0.25, 0.3) is 0 Å². The summed E-state index contributed by atoms with van der Waals surface area (Å²) in [7, 11) is 0. The normalized spacial score (nSPS) is 14.8. The number of fused-ring (bicyclic) bond motifs is 2. The van der Waals surface area contributed by atoms with Crippen molar-refractivity contribution in [1.82, 2.24) is 0 Å². The van der Waals surface area contributed by atoms with Crippen LogP contribution in [0.15, 0.2) is 128 Å². The first-order valence-electron chi connectivity index (χ1n) is 12.0. The van der Waals surface area contributed by atoms with Crippen LogP contribution in [0.4, 0.5) is 5.69 Å². The summed E-state index contributed by atoms with van der Waals surface area (Å²) in [5, 5.41) is 18.2. The predicted molar refractivity (Wildman–Crippen MR) is 167 cm³/mol. The molecule has 0 spiro atoms. The maximum atomic E-state index is 14.4. The van der Waals surface area contributed by atoms with Gasteiger partial charge in [-0.05, 0) is 64.0 Å². The number of hydrogen-bond acceptors (Lipinski definition) is 5. The Balaban J connectivity index is 1.55. The molecule has 1 heterocycles. The Morgan fingerprint density at radius 2 is 1.28 bits per heavy atom. The highest BCUT2D eigenvalue weighted by Gasteiger charge is 2.38. The second kappa shape index (κ2) is 10.5. The van der Waals surface area contributed by atoms with Gasteiger partial charge in [-0.3, -0.25) is 9.59 Å². The lowest BCUT2D eigenvalue weighted by Crippen LogP contribution is -2.15. The lowest BCUT2D eigenvalue weighted by Gasteiger charge is -2.13. The van der Waals surface area contributed by atoms with Crippen LogP contribution in [0, 0.1) is 0 Å². The number of aliphatic hydroxyl groups is 1. The molecule has 2 N–H and O–H groups in total. The van der Waals surface area contributed by atoms with Crippen LogP contribution < -0.4 is 5.32 Å². The van der Waals surface area contributed by atoms with Crippen molar-refractivity contribution in [2.45, 2.75) is 0 Å². The molecule has 1 aliphatic heterocycles. The number of allylic oxidation sites excluding steroid dienone is 2. The maximum Gasteiger partial charge on any atom is 0.210 e. The molecule has 4 nitrogen and oxygen atoms in total. The molecule has 7 heteroatoms. The van der Waals surface area contributed by atoms with E-state index < -0.39 is 11.6 Å². The number of thioether (sulfide) groups is 1.